The summed E-state index contributed by atoms with van der Waals surface area (Å²) in [6.07, 6.45) is 5.01. The van der Waals surface area contributed by atoms with Crippen LogP contribution in [-0.4, -0.2) is 11.1 Å². The molecule has 0 saturated carbocycles. The number of rotatable bonds is 5. The maximum absolute atomic E-state index is 12.3. The lowest BCUT2D eigenvalue weighted by molar-refractivity contribution is 0.0696. The van der Waals surface area contributed by atoms with Crippen molar-refractivity contribution < 1.29 is 14.6 Å². The van der Waals surface area contributed by atoms with Crippen molar-refractivity contribution in [3.8, 4) is 11.5 Å². The fraction of sp³-hybridized carbons (Fsp3) is 0.250. The van der Waals surface area contributed by atoms with Gasteiger partial charge in [-0.3, -0.25) is 0 Å². The molecule has 3 nitrogen and oxygen atoms in total. The zero-order valence-corrected chi connectivity index (χ0v) is 20.7. The van der Waals surface area contributed by atoms with Crippen molar-refractivity contribution in [3.63, 3.8) is 0 Å². The Kier molecular flexibility index (Phi) is 6.56. The van der Waals surface area contributed by atoms with Gasteiger partial charge in [0.1, 0.15) is 11.5 Å². The number of carboxylic acids is 1. The van der Waals surface area contributed by atoms with E-state index < -0.39 is 5.97 Å². The third kappa shape index (κ3) is 4.16. The third-order valence-corrected chi connectivity index (χ3v) is 6.71. The van der Waals surface area contributed by atoms with Crippen LogP contribution in [0.5, 0.6) is 11.5 Å². The number of carbonyl (C=O) groups is 1. The predicted octanol–water partition coefficient (Wildman–Crippen LogP) is 6.80. The smallest absolute Gasteiger partial charge is 0.337 e. The van der Waals surface area contributed by atoms with Gasteiger partial charge in [-0.25, -0.2) is 4.79 Å². The van der Waals surface area contributed by atoms with E-state index in [-0.39, 0.29) is 10.6 Å². The molecule has 0 aliphatic carbocycles. The number of hydrogen-bond acceptors (Lipinski definition) is 2. The van der Waals surface area contributed by atoms with Crippen molar-refractivity contribution in [1.82, 2.24) is 0 Å². The SMILES string of the molecule is CC/C=c1/cc2c(cc1C)=C(c1c(Cl)ccc(Cl)c1C(=O)O)c1cc(C)c(CCC)cc1O2. The molecule has 1 aliphatic heterocycles. The molecule has 3 aromatic rings. The van der Waals surface area contributed by atoms with E-state index in [1.54, 1.807) is 6.07 Å². The molecular weight excluding hydrogens is 455 g/mol. The molecule has 0 amide bonds. The molecule has 0 atom stereocenters. The van der Waals surface area contributed by atoms with Gasteiger partial charge in [0.2, 0.25) is 0 Å². The van der Waals surface area contributed by atoms with Crippen molar-refractivity contribution in [2.75, 3.05) is 0 Å². The maximum atomic E-state index is 12.3. The second kappa shape index (κ2) is 9.24. The Bertz CT molecular complexity index is 1400. The number of aryl methyl sites for hydroxylation is 3. The number of hydrogen-bond donors (Lipinski definition) is 1. The minimum absolute atomic E-state index is 0.00453. The Hall–Kier alpha value is -2.75. The maximum Gasteiger partial charge on any atom is 0.337 e. The topological polar surface area (TPSA) is 46.5 Å². The van der Waals surface area contributed by atoms with E-state index >= 15 is 0 Å². The molecule has 5 heteroatoms. The predicted molar refractivity (Wildman–Crippen MR) is 135 cm³/mol. The van der Waals surface area contributed by atoms with Gasteiger partial charge in [-0.05, 0) is 85.0 Å². The number of aromatic carboxylic acids is 1. The Labute approximate surface area is 203 Å². The lowest BCUT2D eigenvalue weighted by Gasteiger charge is -2.25. The molecule has 33 heavy (non-hydrogen) atoms. The normalized spacial score (nSPS) is 12.9. The Morgan fingerprint density at radius 2 is 1.73 bits per heavy atom. The van der Waals surface area contributed by atoms with Gasteiger partial charge in [-0.1, -0.05) is 49.5 Å². The standard InChI is InChI=1S/C28H26Cl2O3/c1-5-7-17-13-23-19(11-15(17)3)25(26-21(29)9-10-22(30)27(26)28(31)32)20-12-16(4)18(8-6-2)14-24(20)33-23/h7,9-14H,5-6,8H2,1-4H3,(H,31,32)/b17-7-. The van der Waals surface area contributed by atoms with Gasteiger partial charge in [0.25, 0.3) is 0 Å². The Morgan fingerprint density at radius 3 is 2.39 bits per heavy atom. The summed E-state index contributed by atoms with van der Waals surface area (Å²) >= 11 is 13.0. The molecule has 0 spiro atoms. The van der Waals surface area contributed by atoms with E-state index in [1.165, 1.54) is 11.6 Å². The van der Waals surface area contributed by atoms with Crippen LogP contribution in [0, 0.1) is 13.8 Å². The van der Waals surface area contributed by atoms with Crippen LogP contribution in [0.25, 0.3) is 11.6 Å². The first kappa shape index (κ1) is 23.4. The highest BCUT2D eigenvalue weighted by atomic mass is 35.5. The summed E-state index contributed by atoms with van der Waals surface area (Å²) < 4.78 is 6.42. The number of ether oxygens (including phenoxy) is 1. The Balaban J connectivity index is 2.21. The minimum Gasteiger partial charge on any atom is -0.478 e. The van der Waals surface area contributed by atoms with Crippen LogP contribution in [0.1, 0.15) is 64.9 Å². The van der Waals surface area contributed by atoms with E-state index in [0.29, 0.717) is 22.1 Å². The van der Waals surface area contributed by atoms with Crippen molar-refractivity contribution in [2.24, 2.45) is 0 Å². The third-order valence-electron chi connectivity index (χ3n) is 6.08. The molecule has 1 aliphatic rings. The summed E-state index contributed by atoms with van der Waals surface area (Å²) in [5.41, 5.74) is 5.37. The molecule has 170 valence electrons. The number of fused-ring (bicyclic) bond motifs is 2. The van der Waals surface area contributed by atoms with Crippen LogP contribution < -0.4 is 15.2 Å². The van der Waals surface area contributed by atoms with E-state index in [2.05, 4.69) is 39.0 Å². The first-order valence-corrected chi connectivity index (χ1v) is 11.9. The van der Waals surface area contributed by atoms with Crippen molar-refractivity contribution >= 4 is 40.8 Å². The lowest BCUT2D eigenvalue weighted by atomic mass is 9.87. The highest BCUT2D eigenvalue weighted by molar-refractivity contribution is 6.37. The molecule has 0 radical (unpaired) electrons. The van der Waals surface area contributed by atoms with E-state index in [4.69, 9.17) is 27.9 Å². The van der Waals surface area contributed by atoms with Crippen LogP contribution in [0.4, 0.5) is 0 Å². The van der Waals surface area contributed by atoms with Crippen LogP contribution in [-0.2, 0) is 6.42 Å². The van der Waals surface area contributed by atoms with Crippen molar-refractivity contribution in [2.45, 2.75) is 47.0 Å². The number of benzene rings is 3. The van der Waals surface area contributed by atoms with Gasteiger partial charge in [0, 0.05) is 26.9 Å². The molecule has 0 bridgehead atoms. The fourth-order valence-electron chi connectivity index (χ4n) is 4.51. The van der Waals surface area contributed by atoms with Crippen LogP contribution in [0.2, 0.25) is 10.0 Å². The average Bonchev–Trinajstić information content (AvgIpc) is 2.76. The van der Waals surface area contributed by atoms with Crippen molar-refractivity contribution in [3.05, 3.63) is 90.3 Å². The highest BCUT2D eigenvalue weighted by Gasteiger charge is 2.28. The summed E-state index contributed by atoms with van der Waals surface area (Å²) in [6, 6.07) is 11.4. The largest absolute Gasteiger partial charge is 0.478 e. The van der Waals surface area contributed by atoms with Crippen LogP contribution >= 0.6 is 23.2 Å². The van der Waals surface area contributed by atoms with E-state index in [0.717, 1.165) is 52.0 Å². The van der Waals surface area contributed by atoms with Gasteiger partial charge in [-0.15, -0.1) is 0 Å². The van der Waals surface area contributed by atoms with E-state index in [9.17, 15) is 9.90 Å². The summed E-state index contributed by atoms with van der Waals surface area (Å²) in [6.45, 7) is 8.35. The molecule has 4 rings (SSSR count). The first-order chi connectivity index (χ1) is 15.8. The molecule has 0 fully saturated rings. The molecule has 3 aromatic carbocycles. The zero-order valence-electron chi connectivity index (χ0n) is 19.2. The molecular formula is C28H26Cl2O3. The zero-order chi connectivity index (χ0) is 23.9. The second-order valence-corrected chi connectivity index (χ2v) is 9.22. The highest BCUT2D eigenvalue weighted by Crippen LogP contribution is 2.42. The average molecular weight is 481 g/mol. The molecule has 0 saturated heterocycles. The monoisotopic (exact) mass is 480 g/mol. The minimum atomic E-state index is -1.12. The van der Waals surface area contributed by atoms with Gasteiger partial charge < -0.3 is 9.84 Å². The molecule has 0 unspecified atom stereocenters. The quantitative estimate of drug-likeness (QED) is 0.341. The van der Waals surface area contributed by atoms with Crippen molar-refractivity contribution in [1.29, 1.82) is 0 Å². The van der Waals surface area contributed by atoms with Gasteiger partial charge in [0.15, 0.2) is 0 Å². The second-order valence-electron chi connectivity index (χ2n) is 8.40. The van der Waals surface area contributed by atoms with Gasteiger partial charge in [0.05, 0.1) is 10.6 Å². The van der Waals surface area contributed by atoms with Crippen LogP contribution in [0.15, 0.2) is 36.4 Å². The fourth-order valence-corrected chi connectivity index (χ4v) is 5.00. The summed E-state index contributed by atoms with van der Waals surface area (Å²) in [7, 11) is 0. The van der Waals surface area contributed by atoms with E-state index in [1.807, 2.05) is 19.1 Å². The summed E-state index contributed by atoms with van der Waals surface area (Å²) in [5, 5.41) is 12.4. The Morgan fingerprint density at radius 1 is 1.00 bits per heavy atom. The van der Waals surface area contributed by atoms with Gasteiger partial charge in [-0.2, -0.15) is 0 Å². The summed E-state index contributed by atoms with van der Waals surface area (Å²) in [5.74, 6) is 0.262. The summed E-state index contributed by atoms with van der Waals surface area (Å²) in [4.78, 5) is 12.3. The van der Waals surface area contributed by atoms with Gasteiger partial charge >= 0.3 is 5.97 Å². The molecule has 0 aromatic heterocycles. The van der Waals surface area contributed by atoms with Crippen LogP contribution in [0.3, 0.4) is 0 Å². The number of carboxylic acid groups (broad SMARTS) is 1. The molecule has 1 N–H and O–H groups in total. The lowest BCUT2D eigenvalue weighted by Crippen LogP contribution is -2.23. The molecule has 1 heterocycles. The number of halogens is 2. The first-order valence-electron chi connectivity index (χ1n) is 11.1.